The van der Waals surface area contributed by atoms with E-state index in [4.69, 9.17) is 0 Å². The van der Waals surface area contributed by atoms with Crippen molar-refractivity contribution in [2.75, 3.05) is 5.32 Å². The van der Waals surface area contributed by atoms with Crippen LogP contribution in [0.25, 0.3) is 4.96 Å². The van der Waals surface area contributed by atoms with E-state index >= 15 is 0 Å². The third kappa shape index (κ3) is 2.71. The van der Waals surface area contributed by atoms with Crippen molar-refractivity contribution >= 4 is 22.0 Å². The highest BCUT2D eigenvalue weighted by Crippen LogP contribution is 2.18. The van der Waals surface area contributed by atoms with E-state index in [1.165, 1.54) is 0 Å². The van der Waals surface area contributed by atoms with Crippen LogP contribution in [-0.4, -0.2) is 14.0 Å². The number of nitrogens with zero attached hydrogens (tertiary/aromatic N) is 3. The van der Waals surface area contributed by atoms with Crippen LogP contribution >= 0.6 is 11.3 Å². The lowest BCUT2D eigenvalue weighted by molar-refractivity contribution is 0.655. The van der Waals surface area contributed by atoms with Crippen LogP contribution in [0.3, 0.4) is 0 Å². The van der Waals surface area contributed by atoms with E-state index in [0.717, 1.165) is 35.0 Å². The SMILES string of the molecule is CCCn1cc(NCc2c(C)nc3sccn23)ccc1=O. The number of thiazole rings is 1. The molecule has 3 heterocycles. The van der Waals surface area contributed by atoms with Crippen LogP contribution < -0.4 is 10.9 Å². The first-order valence-electron chi connectivity index (χ1n) is 7.04. The minimum Gasteiger partial charge on any atom is -0.378 e. The fraction of sp³-hybridized carbons (Fsp3) is 0.333. The van der Waals surface area contributed by atoms with Gasteiger partial charge in [-0.3, -0.25) is 9.20 Å². The fourth-order valence-electron chi connectivity index (χ4n) is 2.39. The van der Waals surface area contributed by atoms with Gasteiger partial charge in [-0.15, -0.1) is 11.3 Å². The topological polar surface area (TPSA) is 51.3 Å². The summed E-state index contributed by atoms with van der Waals surface area (Å²) in [6, 6.07) is 3.44. The zero-order valence-electron chi connectivity index (χ0n) is 12.2. The molecule has 0 atom stereocenters. The van der Waals surface area contributed by atoms with Crippen LogP contribution in [0.5, 0.6) is 0 Å². The standard InChI is InChI=1S/C15H18N4OS/c1-3-6-18-10-12(4-5-14(18)20)16-9-13-11(2)17-15-19(13)7-8-21-15/h4-5,7-8,10,16H,3,6,9H2,1-2H3. The van der Waals surface area contributed by atoms with E-state index in [2.05, 4.69) is 21.6 Å². The summed E-state index contributed by atoms with van der Waals surface area (Å²) in [6.45, 7) is 5.52. The van der Waals surface area contributed by atoms with Gasteiger partial charge in [0.1, 0.15) is 0 Å². The first kappa shape index (κ1) is 13.9. The Kier molecular flexibility index (Phi) is 3.79. The molecule has 0 aliphatic rings. The number of pyridine rings is 1. The number of fused-ring (bicyclic) bond motifs is 1. The van der Waals surface area contributed by atoms with Crippen molar-refractivity contribution < 1.29 is 0 Å². The summed E-state index contributed by atoms with van der Waals surface area (Å²) in [5.74, 6) is 0. The number of anilines is 1. The lowest BCUT2D eigenvalue weighted by Gasteiger charge is -2.09. The Bertz CT molecular complexity index is 815. The van der Waals surface area contributed by atoms with Crippen molar-refractivity contribution in [3.63, 3.8) is 0 Å². The maximum absolute atomic E-state index is 11.7. The van der Waals surface area contributed by atoms with E-state index in [1.54, 1.807) is 22.0 Å². The molecule has 21 heavy (non-hydrogen) atoms. The van der Waals surface area contributed by atoms with E-state index in [-0.39, 0.29) is 5.56 Å². The predicted molar refractivity (Wildman–Crippen MR) is 86.1 cm³/mol. The summed E-state index contributed by atoms with van der Waals surface area (Å²) in [6.07, 6.45) is 4.86. The number of hydrogen-bond acceptors (Lipinski definition) is 4. The summed E-state index contributed by atoms with van der Waals surface area (Å²) in [5, 5.41) is 5.41. The summed E-state index contributed by atoms with van der Waals surface area (Å²) < 4.78 is 3.85. The van der Waals surface area contributed by atoms with Crippen molar-refractivity contribution in [3.05, 3.63) is 51.6 Å². The monoisotopic (exact) mass is 302 g/mol. The second kappa shape index (κ2) is 5.73. The van der Waals surface area contributed by atoms with Crippen molar-refractivity contribution in [1.29, 1.82) is 0 Å². The quantitative estimate of drug-likeness (QED) is 0.788. The Labute approximate surface area is 126 Å². The lowest BCUT2D eigenvalue weighted by Crippen LogP contribution is -2.19. The third-order valence-corrected chi connectivity index (χ3v) is 4.23. The van der Waals surface area contributed by atoms with Crippen LogP contribution in [0.2, 0.25) is 0 Å². The van der Waals surface area contributed by atoms with Crippen LogP contribution in [0.1, 0.15) is 24.7 Å². The maximum Gasteiger partial charge on any atom is 0.250 e. The van der Waals surface area contributed by atoms with Crippen LogP contribution in [-0.2, 0) is 13.1 Å². The van der Waals surface area contributed by atoms with Gasteiger partial charge in [0.05, 0.1) is 23.6 Å². The molecule has 0 aromatic carbocycles. The minimum atomic E-state index is 0.0446. The van der Waals surface area contributed by atoms with Crippen LogP contribution in [0, 0.1) is 6.92 Å². The van der Waals surface area contributed by atoms with Gasteiger partial charge in [-0.1, -0.05) is 6.92 Å². The molecular formula is C15H18N4OS. The largest absolute Gasteiger partial charge is 0.378 e. The minimum absolute atomic E-state index is 0.0446. The average Bonchev–Trinajstić information content (AvgIpc) is 3.01. The molecule has 0 amide bonds. The van der Waals surface area contributed by atoms with Gasteiger partial charge in [0, 0.05) is 30.4 Å². The zero-order valence-corrected chi connectivity index (χ0v) is 13.0. The first-order chi connectivity index (χ1) is 10.2. The fourth-order valence-corrected chi connectivity index (χ4v) is 3.17. The Morgan fingerprint density at radius 2 is 2.24 bits per heavy atom. The van der Waals surface area contributed by atoms with Crippen LogP contribution in [0.4, 0.5) is 5.69 Å². The average molecular weight is 302 g/mol. The van der Waals surface area contributed by atoms with Gasteiger partial charge in [0.15, 0.2) is 4.96 Å². The number of aryl methyl sites for hydroxylation is 2. The van der Waals surface area contributed by atoms with E-state index in [0.29, 0.717) is 6.54 Å². The number of rotatable bonds is 5. The molecule has 0 aliphatic heterocycles. The molecule has 1 N–H and O–H groups in total. The van der Waals surface area contributed by atoms with E-state index in [9.17, 15) is 4.79 Å². The molecule has 0 fully saturated rings. The molecule has 0 aliphatic carbocycles. The molecule has 0 spiro atoms. The summed E-state index contributed by atoms with van der Waals surface area (Å²) >= 11 is 1.63. The Hall–Kier alpha value is -2.08. The first-order valence-corrected chi connectivity index (χ1v) is 7.92. The second-order valence-electron chi connectivity index (χ2n) is 5.00. The van der Waals surface area contributed by atoms with Gasteiger partial charge in [-0.2, -0.15) is 0 Å². The normalized spacial score (nSPS) is 11.1. The Morgan fingerprint density at radius 1 is 1.38 bits per heavy atom. The molecule has 3 rings (SSSR count). The van der Waals surface area contributed by atoms with Gasteiger partial charge < -0.3 is 9.88 Å². The van der Waals surface area contributed by atoms with E-state index in [1.807, 2.05) is 30.8 Å². The highest BCUT2D eigenvalue weighted by atomic mass is 32.1. The summed E-state index contributed by atoms with van der Waals surface area (Å²) in [4.78, 5) is 17.3. The highest BCUT2D eigenvalue weighted by molar-refractivity contribution is 7.15. The van der Waals surface area contributed by atoms with Crippen molar-refractivity contribution in [3.8, 4) is 0 Å². The van der Waals surface area contributed by atoms with Gasteiger partial charge in [-0.05, 0) is 19.4 Å². The number of aromatic nitrogens is 3. The molecule has 0 saturated carbocycles. The number of nitrogens with one attached hydrogen (secondary N) is 1. The summed E-state index contributed by atoms with van der Waals surface area (Å²) in [7, 11) is 0. The summed E-state index contributed by atoms with van der Waals surface area (Å²) in [5.41, 5.74) is 3.19. The lowest BCUT2D eigenvalue weighted by atomic mass is 10.3. The maximum atomic E-state index is 11.7. The predicted octanol–water partition coefficient (Wildman–Crippen LogP) is 2.89. The molecule has 0 saturated heterocycles. The molecule has 5 nitrogen and oxygen atoms in total. The smallest absolute Gasteiger partial charge is 0.250 e. The molecule has 0 unspecified atom stereocenters. The second-order valence-corrected chi connectivity index (χ2v) is 5.88. The Morgan fingerprint density at radius 3 is 3.05 bits per heavy atom. The molecule has 6 heteroatoms. The van der Waals surface area contributed by atoms with Crippen LogP contribution in [0.15, 0.2) is 34.7 Å². The van der Waals surface area contributed by atoms with E-state index < -0.39 is 0 Å². The van der Waals surface area contributed by atoms with Gasteiger partial charge in [0.25, 0.3) is 5.56 Å². The molecule has 110 valence electrons. The third-order valence-electron chi connectivity index (χ3n) is 3.47. The number of imidazole rings is 1. The Balaban J connectivity index is 1.81. The molecule has 3 aromatic rings. The van der Waals surface area contributed by atoms with Gasteiger partial charge >= 0.3 is 0 Å². The molecule has 3 aromatic heterocycles. The zero-order chi connectivity index (χ0) is 14.8. The van der Waals surface area contributed by atoms with Gasteiger partial charge in [-0.25, -0.2) is 4.98 Å². The highest BCUT2D eigenvalue weighted by Gasteiger charge is 2.09. The van der Waals surface area contributed by atoms with Crippen molar-refractivity contribution in [2.45, 2.75) is 33.4 Å². The van der Waals surface area contributed by atoms with Crippen molar-refractivity contribution in [1.82, 2.24) is 14.0 Å². The van der Waals surface area contributed by atoms with Gasteiger partial charge in [0.2, 0.25) is 0 Å². The number of hydrogen-bond donors (Lipinski definition) is 1. The molecule has 0 radical (unpaired) electrons. The molecular weight excluding hydrogens is 284 g/mol. The molecule has 0 bridgehead atoms. The van der Waals surface area contributed by atoms with Crippen molar-refractivity contribution in [2.24, 2.45) is 0 Å².